The Hall–Kier alpha value is -2.70. The third-order valence-corrected chi connectivity index (χ3v) is 4.52. The molecule has 23 heavy (non-hydrogen) atoms. The summed E-state index contributed by atoms with van der Waals surface area (Å²) in [6.07, 6.45) is 5.93. The van der Waals surface area contributed by atoms with Gasteiger partial charge in [0.1, 0.15) is 6.61 Å². The van der Waals surface area contributed by atoms with Crippen molar-refractivity contribution >= 4 is 17.6 Å². The van der Waals surface area contributed by atoms with Gasteiger partial charge in [-0.05, 0) is 36.8 Å². The number of nitro benzene ring substituents is 1. The third kappa shape index (κ3) is 2.94. The average molecular weight is 316 g/mol. The molecule has 1 aromatic carbocycles. The second-order valence-electron chi connectivity index (χ2n) is 5.96. The number of ether oxygens (including phenoxy) is 1. The fourth-order valence-electron chi connectivity index (χ4n) is 3.32. The monoisotopic (exact) mass is 316 g/mol. The fraction of sp³-hybridized carbons (Fsp3) is 0.375. The van der Waals surface area contributed by atoms with Crippen LogP contribution in [-0.2, 0) is 16.1 Å². The lowest BCUT2D eigenvalue weighted by Crippen LogP contribution is -2.21. The minimum absolute atomic E-state index is 0.0463. The summed E-state index contributed by atoms with van der Waals surface area (Å²) in [6, 6.07) is 3.89. The van der Waals surface area contributed by atoms with Crippen LogP contribution in [0.5, 0.6) is 0 Å². The van der Waals surface area contributed by atoms with Crippen LogP contribution in [0.3, 0.4) is 0 Å². The van der Waals surface area contributed by atoms with Crippen molar-refractivity contribution in [1.82, 2.24) is 0 Å². The van der Waals surface area contributed by atoms with Crippen molar-refractivity contribution in [3.8, 4) is 0 Å². The largest absolute Gasteiger partial charge is 0.460 e. The normalized spacial score (nSPS) is 24.6. The van der Waals surface area contributed by atoms with Crippen molar-refractivity contribution in [2.75, 3.05) is 0 Å². The van der Waals surface area contributed by atoms with Gasteiger partial charge < -0.3 is 10.5 Å². The van der Waals surface area contributed by atoms with Crippen molar-refractivity contribution in [3.63, 3.8) is 0 Å². The number of benzene rings is 1. The van der Waals surface area contributed by atoms with Crippen molar-refractivity contribution < 1.29 is 19.2 Å². The number of esters is 1. The Kier molecular flexibility index (Phi) is 3.85. The zero-order valence-electron chi connectivity index (χ0n) is 12.3. The molecule has 2 aliphatic rings. The molecular formula is C16H16N2O5. The predicted molar refractivity (Wildman–Crippen MR) is 80.3 cm³/mol. The van der Waals surface area contributed by atoms with E-state index in [-0.39, 0.29) is 41.2 Å². The smallest absolute Gasteiger partial charge is 0.309 e. The van der Waals surface area contributed by atoms with Crippen molar-refractivity contribution in [1.29, 1.82) is 0 Å². The van der Waals surface area contributed by atoms with E-state index in [9.17, 15) is 19.7 Å². The van der Waals surface area contributed by atoms with Crippen LogP contribution in [0.15, 0.2) is 30.4 Å². The van der Waals surface area contributed by atoms with E-state index in [0.717, 1.165) is 18.9 Å². The molecular weight excluding hydrogens is 300 g/mol. The molecule has 2 bridgehead atoms. The maximum absolute atomic E-state index is 12.2. The lowest BCUT2D eigenvalue weighted by molar-refractivity contribution is -0.385. The highest BCUT2D eigenvalue weighted by Gasteiger charge is 2.40. The van der Waals surface area contributed by atoms with Gasteiger partial charge in [0.05, 0.1) is 16.4 Å². The van der Waals surface area contributed by atoms with Gasteiger partial charge in [-0.15, -0.1) is 0 Å². The summed E-state index contributed by atoms with van der Waals surface area (Å²) in [5.41, 5.74) is 5.13. The number of fused-ring (bicyclic) bond motifs is 2. The molecule has 7 heteroatoms. The Labute approximate surface area is 132 Å². The summed E-state index contributed by atoms with van der Waals surface area (Å²) in [5, 5.41) is 11.1. The number of nitro groups is 1. The van der Waals surface area contributed by atoms with E-state index in [1.807, 2.05) is 6.08 Å². The fourth-order valence-corrected chi connectivity index (χ4v) is 3.32. The van der Waals surface area contributed by atoms with Gasteiger partial charge in [-0.2, -0.15) is 0 Å². The van der Waals surface area contributed by atoms with Crippen LogP contribution in [0.1, 0.15) is 28.8 Å². The van der Waals surface area contributed by atoms with E-state index in [1.54, 1.807) is 0 Å². The van der Waals surface area contributed by atoms with Crippen LogP contribution < -0.4 is 5.73 Å². The number of allylic oxidation sites excluding steroid dienone is 2. The molecule has 3 unspecified atom stereocenters. The first-order chi connectivity index (χ1) is 11.0. The molecule has 0 spiro atoms. The quantitative estimate of drug-likeness (QED) is 0.386. The molecule has 120 valence electrons. The number of carbonyl (C=O) groups excluding carboxylic acids is 2. The second kappa shape index (κ2) is 5.83. The summed E-state index contributed by atoms with van der Waals surface area (Å²) in [6.45, 7) is -0.189. The van der Waals surface area contributed by atoms with E-state index in [0.29, 0.717) is 5.92 Å². The van der Waals surface area contributed by atoms with E-state index in [4.69, 9.17) is 10.5 Å². The van der Waals surface area contributed by atoms with E-state index < -0.39 is 10.8 Å². The second-order valence-corrected chi connectivity index (χ2v) is 5.96. The molecule has 2 aliphatic carbocycles. The maximum atomic E-state index is 12.2. The Balaban J connectivity index is 1.70. The molecule has 2 N–H and O–H groups in total. The number of hydrogen-bond donors (Lipinski definition) is 1. The first-order valence-corrected chi connectivity index (χ1v) is 7.38. The standard InChI is InChI=1S/C16H16N2O5/c17-15(19)11-3-4-12(14(7-11)18(21)22)8-23-16(20)13-6-9-1-2-10(13)5-9/h1-4,7,9-10,13H,5-6,8H2,(H2,17,19). The van der Waals surface area contributed by atoms with Crippen LogP contribution >= 0.6 is 0 Å². The highest BCUT2D eigenvalue weighted by atomic mass is 16.6. The number of amides is 1. The van der Waals surface area contributed by atoms with Crippen LogP contribution in [0.4, 0.5) is 5.69 Å². The molecule has 0 aliphatic heterocycles. The van der Waals surface area contributed by atoms with Crippen LogP contribution in [-0.4, -0.2) is 16.8 Å². The number of carbonyl (C=O) groups is 2. The molecule has 1 fully saturated rings. The molecule has 3 rings (SSSR count). The summed E-state index contributed by atoms with van der Waals surface area (Å²) in [5.74, 6) is -0.559. The van der Waals surface area contributed by atoms with E-state index in [2.05, 4.69) is 6.08 Å². The topological polar surface area (TPSA) is 113 Å². The van der Waals surface area contributed by atoms with Gasteiger partial charge in [-0.1, -0.05) is 12.2 Å². The Morgan fingerprint density at radius 2 is 2.09 bits per heavy atom. The van der Waals surface area contributed by atoms with E-state index >= 15 is 0 Å². The Bertz CT molecular complexity index is 712. The molecule has 1 aromatic rings. The maximum Gasteiger partial charge on any atom is 0.309 e. The van der Waals surface area contributed by atoms with Crippen LogP contribution in [0, 0.1) is 27.9 Å². The van der Waals surface area contributed by atoms with Crippen molar-refractivity contribution in [2.24, 2.45) is 23.5 Å². The Morgan fingerprint density at radius 3 is 2.65 bits per heavy atom. The lowest BCUT2D eigenvalue weighted by Gasteiger charge is -2.16. The number of nitrogens with zero attached hydrogens (tertiary/aromatic N) is 1. The zero-order valence-corrected chi connectivity index (χ0v) is 12.3. The van der Waals surface area contributed by atoms with Crippen molar-refractivity contribution in [3.05, 3.63) is 51.6 Å². The minimum atomic E-state index is -0.745. The van der Waals surface area contributed by atoms with Gasteiger partial charge in [0.25, 0.3) is 5.69 Å². The number of rotatable bonds is 5. The number of nitrogens with two attached hydrogens (primary N) is 1. The zero-order chi connectivity index (χ0) is 16.6. The molecule has 1 saturated carbocycles. The lowest BCUT2D eigenvalue weighted by atomic mass is 9.94. The van der Waals surface area contributed by atoms with Crippen LogP contribution in [0.2, 0.25) is 0 Å². The first-order valence-electron chi connectivity index (χ1n) is 7.38. The van der Waals surface area contributed by atoms with Gasteiger partial charge in [0.15, 0.2) is 0 Å². The van der Waals surface area contributed by atoms with Gasteiger partial charge in [-0.3, -0.25) is 19.7 Å². The number of primary amides is 1. The average Bonchev–Trinajstić information content (AvgIpc) is 3.15. The van der Waals surface area contributed by atoms with Gasteiger partial charge in [-0.25, -0.2) is 0 Å². The highest BCUT2D eigenvalue weighted by Crippen LogP contribution is 2.44. The van der Waals surface area contributed by atoms with Crippen LogP contribution in [0.25, 0.3) is 0 Å². The summed E-state index contributed by atoms with van der Waals surface area (Å²) in [7, 11) is 0. The summed E-state index contributed by atoms with van der Waals surface area (Å²) >= 11 is 0. The molecule has 1 amide bonds. The minimum Gasteiger partial charge on any atom is -0.460 e. The highest BCUT2D eigenvalue weighted by molar-refractivity contribution is 5.93. The summed E-state index contributed by atoms with van der Waals surface area (Å²) < 4.78 is 5.26. The van der Waals surface area contributed by atoms with Gasteiger partial charge in [0.2, 0.25) is 5.91 Å². The predicted octanol–water partition coefficient (Wildman–Crippen LogP) is 1.95. The molecule has 7 nitrogen and oxygen atoms in total. The number of hydrogen-bond acceptors (Lipinski definition) is 5. The van der Waals surface area contributed by atoms with Gasteiger partial charge in [0, 0.05) is 11.6 Å². The van der Waals surface area contributed by atoms with Crippen molar-refractivity contribution in [2.45, 2.75) is 19.4 Å². The molecule has 0 heterocycles. The first kappa shape index (κ1) is 15.2. The molecule has 0 saturated heterocycles. The Morgan fingerprint density at radius 1 is 1.30 bits per heavy atom. The summed E-state index contributed by atoms with van der Waals surface area (Å²) in [4.78, 5) is 33.8. The SMILES string of the molecule is NC(=O)c1ccc(COC(=O)C2CC3C=CC2C3)c([N+](=O)[O-])c1. The molecule has 3 atom stereocenters. The van der Waals surface area contributed by atoms with E-state index in [1.165, 1.54) is 12.1 Å². The molecule has 0 aromatic heterocycles. The van der Waals surface area contributed by atoms with Gasteiger partial charge >= 0.3 is 5.97 Å². The third-order valence-electron chi connectivity index (χ3n) is 4.52. The molecule has 0 radical (unpaired) electrons.